The number of hydrogen-bond donors (Lipinski definition) is 2. The molecule has 7 heteroatoms. The van der Waals surface area contributed by atoms with Crippen LogP contribution < -0.4 is 10.9 Å². The fraction of sp³-hybridized carbons (Fsp3) is 0.625. The number of hydrogen-bond acceptors (Lipinski definition) is 4. The average Bonchev–Trinajstić information content (AvgIpc) is 2.46. The molecule has 1 amide bonds. The van der Waals surface area contributed by atoms with Crippen molar-refractivity contribution in [2.45, 2.75) is 58.5 Å². The van der Waals surface area contributed by atoms with Gasteiger partial charge in [0.05, 0.1) is 5.69 Å². The number of nitrogens with zero attached hydrogens (tertiary/aromatic N) is 2. The third kappa shape index (κ3) is 4.64. The van der Waals surface area contributed by atoms with Crippen LogP contribution in [0, 0.1) is 5.92 Å². The van der Waals surface area contributed by atoms with Gasteiger partial charge in [-0.1, -0.05) is 13.8 Å². The molecule has 0 bridgehead atoms. The molecular formula is C16H23N3O4. The molecular weight excluding hydrogens is 298 g/mol. The van der Waals surface area contributed by atoms with Crippen molar-refractivity contribution in [1.29, 1.82) is 0 Å². The van der Waals surface area contributed by atoms with Gasteiger partial charge in [-0.3, -0.25) is 9.59 Å². The Morgan fingerprint density at radius 3 is 2.70 bits per heavy atom. The van der Waals surface area contributed by atoms with E-state index in [2.05, 4.69) is 10.4 Å². The van der Waals surface area contributed by atoms with E-state index in [1.807, 2.05) is 13.8 Å². The highest BCUT2D eigenvalue weighted by Gasteiger charge is 2.22. The number of carbonyl (C=O) groups is 2. The number of nitrogens with one attached hydrogen (secondary N) is 1. The lowest BCUT2D eigenvalue weighted by molar-refractivity contribution is -0.142. The number of aliphatic carboxylic acids is 1. The van der Waals surface area contributed by atoms with Gasteiger partial charge in [0.15, 0.2) is 0 Å². The molecule has 0 saturated heterocycles. The predicted molar refractivity (Wildman–Crippen MR) is 84.2 cm³/mol. The second-order valence-corrected chi connectivity index (χ2v) is 6.41. The Bertz CT molecular complexity index is 651. The maximum Gasteiger partial charge on any atom is 0.326 e. The first-order valence-electron chi connectivity index (χ1n) is 7.99. The van der Waals surface area contributed by atoms with Gasteiger partial charge in [-0.15, -0.1) is 0 Å². The summed E-state index contributed by atoms with van der Waals surface area (Å²) in [7, 11) is 0. The van der Waals surface area contributed by atoms with E-state index in [0.29, 0.717) is 6.42 Å². The second kappa shape index (κ2) is 7.39. The summed E-state index contributed by atoms with van der Waals surface area (Å²) in [4.78, 5) is 35.3. The topological polar surface area (TPSA) is 101 Å². The number of rotatable bonds is 6. The summed E-state index contributed by atoms with van der Waals surface area (Å²) in [5.41, 5.74) is 1.50. The van der Waals surface area contributed by atoms with Crippen molar-refractivity contribution in [3.05, 3.63) is 27.7 Å². The van der Waals surface area contributed by atoms with Crippen LogP contribution in [0.25, 0.3) is 0 Å². The van der Waals surface area contributed by atoms with Crippen LogP contribution in [0.1, 0.15) is 44.4 Å². The molecule has 1 atom stereocenters. The van der Waals surface area contributed by atoms with Gasteiger partial charge in [-0.2, -0.15) is 5.10 Å². The van der Waals surface area contributed by atoms with E-state index in [0.717, 1.165) is 41.6 Å². The number of carboxylic acid groups (broad SMARTS) is 1. The second-order valence-electron chi connectivity index (χ2n) is 6.41. The monoisotopic (exact) mass is 321 g/mol. The number of amides is 1. The molecule has 0 fully saturated rings. The van der Waals surface area contributed by atoms with E-state index in [9.17, 15) is 14.4 Å². The minimum Gasteiger partial charge on any atom is -0.480 e. The van der Waals surface area contributed by atoms with Crippen molar-refractivity contribution < 1.29 is 14.7 Å². The Labute approximate surface area is 134 Å². The Balaban J connectivity index is 2.07. The maximum atomic E-state index is 12.1. The van der Waals surface area contributed by atoms with Gasteiger partial charge < -0.3 is 10.4 Å². The molecule has 1 aromatic rings. The number of aryl methyl sites for hydroxylation is 2. The summed E-state index contributed by atoms with van der Waals surface area (Å²) >= 11 is 0. The molecule has 0 aliphatic heterocycles. The SMILES string of the molecule is CC(C)C[C@H](NC(=O)Cn1nc2c(cc1=O)CCCC2)C(=O)O. The molecule has 1 aliphatic rings. The standard InChI is InChI=1S/C16H23N3O4/c1-10(2)7-13(16(22)23)17-14(20)9-19-15(21)8-11-5-3-4-6-12(11)18-19/h8,10,13H,3-7,9H2,1-2H3,(H,17,20)(H,22,23)/t13-/m0/s1. The molecule has 0 unspecified atom stereocenters. The van der Waals surface area contributed by atoms with Crippen LogP contribution in [0.3, 0.4) is 0 Å². The van der Waals surface area contributed by atoms with E-state index in [1.165, 1.54) is 6.07 Å². The number of aromatic nitrogens is 2. The van der Waals surface area contributed by atoms with Gasteiger partial charge >= 0.3 is 5.97 Å². The molecule has 0 saturated carbocycles. The van der Waals surface area contributed by atoms with E-state index in [1.54, 1.807) is 0 Å². The third-order valence-electron chi connectivity index (χ3n) is 3.91. The quantitative estimate of drug-likeness (QED) is 0.804. The molecule has 7 nitrogen and oxygen atoms in total. The van der Waals surface area contributed by atoms with E-state index >= 15 is 0 Å². The summed E-state index contributed by atoms with van der Waals surface area (Å²) in [5.74, 6) is -1.44. The van der Waals surface area contributed by atoms with Gasteiger partial charge in [-0.05, 0) is 43.6 Å². The van der Waals surface area contributed by atoms with Crippen molar-refractivity contribution in [3.8, 4) is 0 Å². The molecule has 0 radical (unpaired) electrons. The Kier molecular flexibility index (Phi) is 5.52. The van der Waals surface area contributed by atoms with Crippen LogP contribution in [0.15, 0.2) is 10.9 Å². The molecule has 2 rings (SSSR count). The van der Waals surface area contributed by atoms with Gasteiger partial charge in [0.2, 0.25) is 5.91 Å². The summed E-state index contributed by atoms with van der Waals surface area (Å²) < 4.78 is 1.12. The molecule has 23 heavy (non-hydrogen) atoms. The minimum absolute atomic E-state index is 0.140. The zero-order valence-corrected chi connectivity index (χ0v) is 13.5. The highest BCUT2D eigenvalue weighted by Crippen LogP contribution is 2.16. The van der Waals surface area contributed by atoms with Crippen molar-refractivity contribution in [2.24, 2.45) is 5.92 Å². The van der Waals surface area contributed by atoms with Crippen molar-refractivity contribution in [3.63, 3.8) is 0 Å². The molecule has 2 N–H and O–H groups in total. The third-order valence-corrected chi connectivity index (χ3v) is 3.91. The first kappa shape index (κ1) is 17.2. The molecule has 0 spiro atoms. The largest absolute Gasteiger partial charge is 0.480 e. The first-order valence-corrected chi connectivity index (χ1v) is 7.99. The van der Waals surface area contributed by atoms with Crippen LogP contribution in [-0.2, 0) is 29.0 Å². The number of carbonyl (C=O) groups excluding carboxylic acids is 1. The zero-order chi connectivity index (χ0) is 17.0. The zero-order valence-electron chi connectivity index (χ0n) is 13.5. The van der Waals surface area contributed by atoms with Crippen LogP contribution in [0.4, 0.5) is 0 Å². The molecule has 0 aromatic carbocycles. The van der Waals surface area contributed by atoms with E-state index in [4.69, 9.17) is 5.11 Å². The van der Waals surface area contributed by atoms with Gasteiger partial charge in [0.1, 0.15) is 12.6 Å². The average molecular weight is 321 g/mol. The lowest BCUT2D eigenvalue weighted by Gasteiger charge is -2.18. The lowest BCUT2D eigenvalue weighted by atomic mass is 9.97. The molecule has 126 valence electrons. The van der Waals surface area contributed by atoms with Crippen LogP contribution in [0.5, 0.6) is 0 Å². The summed E-state index contributed by atoms with van der Waals surface area (Å²) in [5, 5.41) is 15.9. The van der Waals surface area contributed by atoms with Gasteiger partial charge in [-0.25, -0.2) is 9.48 Å². The summed E-state index contributed by atoms with van der Waals surface area (Å²) in [6.45, 7) is 3.52. The fourth-order valence-corrected chi connectivity index (χ4v) is 2.78. The molecule has 1 heterocycles. The summed E-state index contributed by atoms with van der Waals surface area (Å²) in [6.07, 6.45) is 4.07. The molecule has 1 aromatic heterocycles. The van der Waals surface area contributed by atoms with E-state index in [-0.39, 0.29) is 18.0 Å². The lowest BCUT2D eigenvalue weighted by Crippen LogP contribution is -2.44. The van der Waals surface area contributed by atoms with Crippen molar-refractivity contribution >= 4 is 11.9 Å². The Morgan fingerprint density at radius 1 is 1.35 bits per heavy atom. The maximum absolute atomic E-state index is 12.1. The van der Waals surface area contributed by atoms with Gasteiger partial charge in [0.25, 0.3) is 5.56 Å². The Hall–Kier alpha value is -2.18. The highest BCUT2D eigenvalue weighted by molar-refractivity contribution is 5.83. The van der Waals surface area contributed by atoms with Crippen LogP contribution >= 0.6 is 0 Å². The molecule has 1 aliphatic carbocycles. The predicted octanol–water partition coefficient (Wildman–Crippen LogP) is 0.738. The van der Waals surface area contributed by atoms with Gasteiger partial charge in [0, 0.05) is 6.07 Å². The van der Waals surface area contributed by atoms with Crippen molar-refractivity contribution in [2.75, 3.05) is 0 Å². The first-order chi connectivity index (χ1) is 10.9. The summed E-state index contributed by atoms with van der Waals surface area (Å²) in [6, 6.07) is 0.591. The minimum atomic E-state index is -1.07. The van der Waals surface area contributed by atoms with Crippen LogP contribution in [0.2, 0.25) is 0 Å². The fourth-order valence-electron chi connectivity index (χ4n) is 2.78. The number of fused-ring (bicyclic) bond motifs is 1. The Morgan fingerprint density at radius 2 is 2.04 bits per heavy atom. The highest BCUT2D eigenvalue weighted by atomic mass is 16.4. The van der Waals surface area contributed by atoms with E-state index < -0.39 is 17.9 Å². The number of carboxylic acids is 1. The smallest absolute Gasteiger partial charge is 0.326 e. The normalized spacial score (nSPS) is 15.1. The van der Waals surface area contributed by atoms with Crippen molar-refractivity contribution in [1.82, 2.24) is 15.1 Å². The van der Waals surface area contributed by atoms with Crippen LogP contribution in [-0.4, -0.2) is 32.8 Å².